The molecule has 0 spiro atoms. The summed E-state index contributed by atoms with van der Waals surface area (Å²) in [4.78, 5) is 17.8. The number of aromatic amines is 1. The van der Waals surface area contributed by atoms with Gasteiger partial charge in [-0.05, 0) is 23.8 Å². The number of aromatic nitrogens is 2. The van der Waals surface area contributed by atoms with Crippen LogP contribution < -0.4 is 11.4 Å². The molecule has 82 valence electrons. The monoisotopic (exact) mass is 207 g/mol. The average molecular weight is 207 g/mol. The van der Waals surface area contributed by atoms with E-state index >= 15 is 0 Å². The molecule has 4 nitrogen and oxygen atoms in total. The van der Waals surface area contributed by atoms with Gasteiger partial charge in [0.15, 0.2) is 0 Å². The van der Waals surface area contributed by atoms with Crippen molar-refractivity contribution in [3.63, 3.8) is 0 Å². The number of nitrogens with zero attached hydrogens (tertiary/aromatic N) is 1. The highest BCUT2D eigenvalue weighted by atomic mass is 16.1. The molecular formula is C11H17N3O. The lowest BCUT2D eigenvalue weighted by Gasteiger charge is -2.35. The van der Waals surface area contributed by atoms with E-state index in [0.717, 1.165) is 24.1 Å². The molecule has 0 saturated carbocycles. The lowest BCUT2D eigenvalue weighted by atomic mass is 9.71. The molecule has 2 rings (SSSR count). The summed E-state index contributed by atoms with van der Waals surface area (Å²) in [7, 11) is 0. The second-order valence-corrected chi connectivity index (χ2v) is 5.11. The van der Waals surface area contributed by atoms with Gasteiger partial charge in [-0.25, -0.2) is 9.78 Å². The van der Waals surface area contributed by atoms with Crippen LogP contribution in [-0.4, -0.2) is 16.5 Å². The fraction of sp³-hybridized carbons (Fsp3) is 0.636. The molecule has 4 heteroatoms. The Bertz CT molecular complexity index is 422. The van der Waals surface area contributed by atoms with E-state index in [1.54, 1.807) is 6.20 Å². The molecule has 1 aliphatic rings. The Morgan fingerprint density at radius 2 is 2.40 bits per heavy atom. The van der Waals surface area contributed by atoms with E-state index in [2.05, 4.69) is 23.8 Å². The predicted octanol–water partition coefficient (Wildman–Crippen LogP) is 0.785. The summed E-state index contributed by atoms with van der Waals surface area (Å²) in [5, 5.41) is 0. The van der Waals surface area contributed by atoms with Gasteiger partial charge in [0.1, 0.15) is 0 Å². The average Bonchev–Trinajstić information content (AvgIpc) is 2.16. The summed E-state index contributed by atoms with van der Waals surface area (Å²) >= 11 is 0. The van der Waals surface area contributed by atoms with Crippen molar-refractivity contribution in [2.75, 3.05) is 6.54 Å². The first-order valence-corrected chi connectivity index (χ1v) is 5.30. The van der Waals surface area contributed by atoms with Crippen molar-refractivity contribution < 1.29 is 0 Å². The molecule has 3 N–H and O–H groups in total. The smallest absolute Gasteiger partial charge is 0.330 e. The predicted molar refractivity (Wildman–Crippen MR) is 58.8 cm³/mol. The highest BCUT2D eigenvalue weighted by molar-refractivity contribution is 5.25. The van der Waals surface area contributed by atoms with E-state index in [0.29, 0.717) is 6.54 Å². The minimum Gasteiger partial charge on any atom is -0.330 e. The van der Waals surface area contributed by atoms with Crippen LogP contribution >= 0.6 is 0 Å². The van der Waals surface area contributed by atoms with E-state index in [1.807, 2.05) is 0 Å². The van der Waals surface area contributed by atoms with Crippen molar-refractivity contribution >= 4 is 0 Å². The highest BCUT2D eigenvalue weighted by Gasteiger charge is 2.32. The fourth-order valence-electron chi connectivity index (χ4n) is 2.50. The zero-order valence-corrected chi connectivity index (χ0v) is 9.21. The maximum Gasteiger partial charge on any atom is 0.345 e. The molecule has 0 saturated heterocycles. The molecule has 0 bridgehead atoms. The minimum absolute atomic E-state index is 0.247. The van der Waals surface area contributed by atoms with E-state index < -0.39 is 0 Å². The molecule has 0 amide bonds. The number of nitrogens with one attached hydrogen (secondary N) is 1. The van der Waals surface area contributed by atoms with Gasteiger partial charge in [0.2, 0.25) is 0 Å². The van der Waals surface area contributed by atoms with Crippen molar-refractivity contribution in [1.82, 2.24) is 9.97 Å². The maximum atomic E-state index is 11.2. The summed E-state index contributed by atoms with van der Waals surface area (Å²) in [6.07, 6.45) is 3.68. The molecule has 15 heavy (non-hydrogen) atoms. The first kappa shape index (κ1) is 10.4. The zero-order valence-electron chi connectivity index (χ0n) is 9.21. The number of nitrogens with two attached hydrogens (primary N) is 1. The number of hydrogen-bond acceptors (Lipinski definition) is 3. The van der Waals surface area contributed by atoms with Crippen molar-refractivity contribution in [3.8, 4) is 0 Å². The quantitative estimate of drug-likeness (QED) is 0.715. The Balaban J connectivity index is 2.49. The van der Waals surface area contributed by atoms with Crippen LogP contribution in [0.15, 0.2) is 11.0 Å². The molecule has 1 heterocycles. The van der Waals surface area contributed by atoms with Crippen LogP contribution in [0.4, 0.5) is 0 Å². The topological polar surface area (TPSA) is 71.8 Å². The van der Waals surface area contributed by atoms with Gasteiger partial charge >= 0.3 is 5.69 Å². The molecule has 1 aliphatic carbocycles. The molecule has 1 aromatic heterocycles. The number of H-pyrrole nitrogens is 1. The first-order valence-electron chi connectivity index (χ1n) is 5.30. The summed E-state index contributed by atoms with van der Waals surface area (Å²) in [5.41, 5.74) is 7.86. The van der Waals surface area contributed by atoms with Gasteiger partial charge in [-0.3, -0.25) is 0 Å². The van der Waals surface area contributed by atoms with Crippen LogP contribution in [0.2, 0.25) is 0 Å². The van der Waals surface area contributed by atoms with E-state index in [4.69, 9.17) is 5.73 Å². The van der Waals surface area contributed by atoms with Gasteiger partial charge in [-0.15, -0.1) is 0 Å². The van der Waals surface area contributed by atoms with Crippen molar-refractivity contribution in [2.45, 2.75) is 32.6 Å². The normalized spacial score (nSPS) is 23.5. The third-order valence-corrected chi connectivity index (χ3v) is 3.09. The van der Waals surface area contributed by atoms with Crippen LogP contribution in [0.5, 0.6) is 0 Å². The van der Waals surface area contributed by atoms with Gasteiger partial charge in [-0.1, -0.05) is 13.8 Å². The Hall–Kier alpha value is -1.16. The molecule has 0 aromatic carbocycles. The minimum atomic E-state index is -0.271. The summed E-state index contributed by atoms with van der Waals surface area (Å²) in [6.45, 7) is 5.03. The third-order valence-electron chi connectivity index (χ3n) is 3.09. The molecule has 1 atom stereocenters. The third kappa shape index (κ3) is 1.95. The van der Waals surface area contributed by atoms with Crippen molar-refractivity contribution in [2.24, 2.45) is 11.1 Å². The maximum absolute atomic E-state index is 11.2. The number of rotatable bonds is 1. The van der Waals surface area contributed by atoms with Crippen LogP contribution in [0.1, 0.15) is 37.4 Å². The molecule has 0 aliphatic heterocycles. The molecule has 0 radical (unpaired) electrons. The second kappa shape index (κ2) is 3.45. The Morgan fingerprint density at radius 3 is 3.07 bits per heavy atom. The Morgan fingerprint density at radius 1 is 1.67 bits per heavy atom. The number of hydrogen-bond donors (Lipinski definition) is 2. The van der Waals surface area contributed by atoms with Gasteiger partial charge in [0.05, 0.1) is 0 Å². The van der Waals surface area contributed by atoms with E-state index in [1.165, 1.54) is 0 Å². The van der Waals surface area contributed by atoms with E-state index in [9.17, 15) is 4.79 Å². The zero-order chi connectivity index (χ0) is 11.1. The SMILES string of the molecule is CC1(C)Cc2cnc(=O)[nH]c2C(CN)C1. The van der Waals surface area contributed by atoms with Gasteiger partial charge in [0, 0.05) is 24.4 Å². The summed E-state index contributed by atoms with van der Waals surface area (Å²) < 4.78 is 0. The first-order chi connectivity index (χ1) is 7.02. The lowest BCUT2D eigenvalue weighted by Crippen LogP contribution is -2.32. The molecule has 1 aromatic rings. The second-order valence-electron chi connectivity index (χ2n) is 5.11. The fourth-order valence-corrected chi connectivity index (χ4v) is 2.50. The van der Waals surface area contributed by atoms with Crippen LogP contribution in [0, 0.1) is 5.41 Å². The standard InChI is InChI=1S/C11H17N3O/c1-11(2)3-7(5-12)9-8(4-11)6-13-10(15)14-9/h6-7H,3-5,12H2,1-2H3,(H,13,14,15). The largest absolute Gasteiger partial charge is 0.345 e. The van der Waals surface area contributed by atoms with Gasteiger partial charge in [-0.2, -0.15) is 0 Å². The Kier molecular flexibility index (Phi) is 2.38. The van der Waals surface area contributed by atoms with Crippen LogP contribution in [0.25, 0.3) is 0 Å². The molecule has 1 unspecified atom stereocenters. The van der Waals surface area contributed by atoms with Crippen molar-refractivity contribution in [3.05, 3.63) is 27.9 Å². The highest BCUT2D eigenvalue weighted by Crippen LogP contribution is 2.39. The summed E-state index contributed by atoms with van der Waals surface area (Å²) in [6, 6.07) is 0. The van der Waals surface area contributed by atoms with Crippen molar-refractivity contribution in [1.29, 1.82) is 0 Å². The van der Waals surface area contributed by atoms with Gasteiger partial charge < -0.3 is 10.7 Å². The number of fused-ring (bicyclic) bond motifs is 1. The Labute approximate surface area is 88.9 Å². The van der Waals surface area contributed by atoms with Crippen LogP contribution in [0.3, 0.4) is 0 Å². The van der Waals surface area contributed by atoms with Crippen LogP contribution in [-0.2, 0) is 6.42 Å². The lowest BCUT2D eigenvalue weighted by molar-refractivity contribution is 0.277. The van der Waals surface area contributed by atoms with E-state index in [-0.39, 0.29) is 17.0 Å². The molecule has 0 fully saturated rings. The van der Waals surface area contributed by atoms with Gasteiger partial charge in [0.25, 0.3) is 0 Å². The molecular weight excluding hydrogens is 190 g/mol. The summed E-state index contributed by atoms with van der Waals surface area (Å²) in [5.74, 6) is 0.263.